The van der Waals surface area contributed by atoms with Crippen molar-refractivity contribution in [1.29, 1.82) is 0 Å². The van der Waals surface area contributed by atoms with Gasteiger partial charge in [-0.3, -0.25) is 19.4 Å². The summed E-state index contributed by atoms with van der Waals surface area (Å²) in [7, 11) is 0. The number of hydrogen-bond donors (Lipinski definition) is 0. The minimum Gasteiger partial charge on any atom is -0.370 e. The second-order valence-corrected chi connectivity index (χ2v) is 9.26. The van der Waals surface area contributed by atoms with E-state index in [1.54, 1.807) is 12.4 Å². The van der Waals surface area contributed by atoms with Crippen LogP contribution in [0.5, 0.6) is 0 Å². The summed E-state index contributed by atoms with van der Waals surface area (Å²) < 4.78 is 8.44. The summed E-state index contributed by atoms with van der Waals surface area (Å²) >= 11 is 0. The average molecular weight is 440 g/mol. The number of carbonyl (C=O) groups is 1. The van der Waals surface area contributed by atoms with E-state index in [0.717, 1.165) is 43.7 Å². The molecule has 1 aliphatic heterocycles. The van der Waals surface area contributed by atoms with Crippen molar-refractivity contribution in [3.8, 4) is 0 Å². The predicted molar refractivity (Wildman–Crippen MR) is 124 cm³/mol. The standard InChI is InChI=1S/C25H37N5O2/c1-4-30-20(3)24(19(2)27-30)16-28-14-23(32-18-21-10-12-26-13-11-21)15-29(25(31)17-28)22-8-6-5-7-9-22/h10-13,22-23H,4-9,14-18H2,1-3H3. The molecule has 2 aromatic rings. The highest BCUT2D eigenvalue weighted by molar-refractivity contribution is 5.79. The summed E-state index contributed by atoms with van der Waals surface area (Å²) in [6, 6.07) is 4.34. The fraction of sp³-hybridized carbons (Fsp3) is 0.640. The smallest absolute Gasteiger partial charge is 0.237 e. The molecule has 1 saturated carbocycles. The highest BCUT2D eigenvalue weighted by Crippen LogP contribution is 2.26. The van der Waals surface area contributed by atoms with Gasteiger partial charge in [0, 0.05) is 55.9 Å². The molecular formula is C25H37N5O2. The monoisotopic (exact) mass is 439 g/mol. The molecule has 1 amide bonds. The van der Waals surface area contributed by atoms with Gasteiger partial charge in [-0.15, -0.1) is 0 Å². The molecule has 174 valence electrons. The molecule has 7 nitrogen and oxygen atoms in total. The quantitative estimate of drug-likeness (QED) is 0.661. The van der Waals surface area contributed by atoms with Gasteiger partial charge in [-0.1, -0.05) is 19.3 Å². The number of pyridine rings is 1. The van der Waals surface area contributed by atoms with Gasteiger partial charge in [-0.2, -0.15) is 5.10 Å². The molecule has 0 N–H and O–H groups in total. The van der Waals surface area contributed by atoms with Crippen LogP contribution in [0.4, 0.5) is 0 Å². The molecule has 0 spiro atoms. The van der Waals surface area contributed by atoms with Crippen molar-refractivity contribution < 1.29 is 9.53 Å². The van der Waals surface area contributed by atoms with Crippen molar-refractivity contribution in [2.24, 2.45) is 0 Å². The van der Waals surface area contributed by atoms with Crippen molar-refractivity contribution in [2.75, 3.05) is 19.6 Å². The normalized spacial score (nSPS) is 21.2. The van der Waals surface area contributed by atoms with Crippen molar-refractivity contribution in [1.82, 2.24) is 24.6 Å². The summed E-state index contributed by atoms with van der Waals surface area (Å²) in [5, 5.41) is 4.68. The third-order valence-electron chi connectivity index (χ3n) is 7.00. The van der Waals surface area contributed by atoms with E-state index in [4.69, 9.17) is 4.74 Å². The molecule has 3 heterocycles. The third-order valence-corrected chi connectivity index (χ3v) is 7.00. The minimum absolute atomic E-state index is 0.0154. The van der Waals surface area contributed by atoms with Crippen molar-refractivity contribution in [3.63, 3.8) is 0 Å². The van der Waals surface area contributed by atoms with Crippen LogP contribution in [0.3, 0.4) is 0 Å². The lowest BCUT2D eigenvalue weighted by molar-refractivity contribution is -0.135. The molecule has 4 rings (SSSR count). The van der Waals surface area contributed by atoms with Crippen LogP contribution in [0.2, 0.25) is 0 Å². The maximum absolute atomic E-state index is 13.4. The lowest BCUT2D eigenvalue weighted by atomic mass is 9.94. The Balaban J connectivity index is 1.52. The van der Waals surface area contributed by atoms with E-state index >= 15 is 0 Å². The lowest BCUT2D eigenvalue weighted by Gasteiger charge is -2.35. The van der Waals surface area contributed by atoms with Crippen LogP contribution in [0.1, 0.15) is 61.5 Å². The zero-order chi connectivity index (χ0) is 22.5. The van der Waals surface area contributed by atoms with Crippen LogP contribution in [0.25, 0.3) is 0 Å². The van der Waals surface area contributed by atoms with Crippen molar-refractivity contribution >= 4 is 5.91 Å². The van der Waals surface area contributed by atoms with E-state index in [0.29, 0.717) is 25.7 Å². The summed E-state index contributed by atoms with van der Waals surface area (Å²) in [4.78, 5) is 21.9. The molecule has 7 heteroatoms. The van der Waals surface area contributed by atoms with Gasteiger partial charge in [0.15, 0.2) is 0 Å². The molecule has 2 fully saturated rings. The molecule has 1 saturated heterocycles. The Morgan fingerprint density at radius 2 is 1.84 bits per heavy atom. The Kier molecular flexibility index (Phi) is 7.58. The molecule has 0 radical (unpaired) electrons. The molecule has 2 aliphatic rings. The number of hydrogen-bond acceptors (Lipinski definition) is 5. The van der Waals surface area contributed by atoms with E-state index in [2.05, 4.69) is 45.3 Å². The van der Waals surface area contributed by atoms with Gasteiger partial charge in [0.05, 0.1) is 24.9 Å². The van der Waals surface area contributed by atoms with Crippen molar-refractivity contribution in [3.05, 3.63) is 47.0 Å². The highest BCUT2D eigenvalue weighted by Gasteiger charge is 2.33. The number of carbonyl (C=O) groups excluding carboxylic acids is 1. The van der Waals surface area contributed by atoms with Gasteiger partial charge >= 0.3 is 0 Å². The molecule has 2 aromatic heterocycles. The molecule has 32 heavy (non-hydrogen) atoms. The largest absolute Gasteiger partial charge is 0.370 e. The first-order chi connectivity index (χ1) is 15.5. The van der Waals surface area contributed by atoms with Crippen LogP contribution in [0, 0.1) is 13.8 Å². The van der Waals surface area contributed by atoms with E-state index in [-0.39, 0.29) is 12.0 Å². The van der Waals surface area contributed by atoms with E-state index in [1.165, 1.54) is 30.5 Å². The van der Waals surface area contributed by atoms with Crippen LogP contribution in [-0.2, 0) is 29.2 Å². The number of ether oxygens (including phenoxy) is 1. The fourth-order valence-electron chi connectivity index (χ4n) is 5.17. The van der Waals surface area contributed by atoms with Gasteiger partial charge in [0.1, 0.15) is 0 Å². The zero-order valence-corrected chi connectivity index (χ0v) is 19.8. The second-order valence-electron chi connectivity index (χ2n) is 9.26. The summed E-state index contributed by atoms with van der Waals surface area (Å²) in [5.41, 5.74) is 4.60. The van der Waals surface area contributed by atoms with Crippen molar-refractivity contribution in [2.45, 2.75) is 84.7 Å². The number of nitrogens with zero attached hydrogens (tertiary/aromatic N) is 5. The highest BCUT2D eigenvalue weighted by atomic mass is 16.5. The van der Waals surface area contributed by atoms with Gasteiger partial charge in [0.2, 0.25) is 5.91 Å². The van der Waals surface area contributed by atoms with E-state index < -0.39 is 0 Å². The molecule has 0 aromatic carbocycles. The number of amides is 1. The predicted octanol–water partition coefficient (Wildman–Crippen LogP) is 3.48. The van der Waals surface area contributed by atoms with Crippen LogP contribution in [0.15, 0.2) is 24.5 Å². The molecule has 1 atom stereocenters. The van der Waals surface area contributed by atoms with Crippen LogP contribution in [-0.4, -0.2) is 62.3 Å². The molecule has 0 bridgehead atoms. The first-order valence-corrected chi connectivity index (χ1v) is 12.1. The Labute approximate surface area is 191 Å². The lowest BCUT2D eigenvalue weighted by Crippen LogP contribution is -2.45. The Morgan fingerprint density at radius 3 is 2.53 bits per heavy atom. The second kappa shape index (κ2) is 10.6. The Hall–Kier alpha value is -2.25. The topological polar surface area (TPSA) is 63.5 Å². The third kappa shape index (κ3) is 5.38. The van der Waals surface area contributed by atoms with Gasteiger partial charge in [-0.05, 0) is 51.3 Å². The molecule has 1 aliphatic carbocycles. The Morgan fingerprint density at radius 1 is 1.09 bits per heavy atom. The minimum atomic E-state index is -0.0154. The van der Waals surface area contributed by atoms with E-state index in [1.807, 2.05) is 12.1 Å². The average Bonchev–Trinajstić information content (AvgIpc) is 2.98. The number of rotatable bonds is 7. The zero-order valence-electron chi connectivity index (χ0n) is 19.8. The number of aryl methyl sites for hydroxylation is 2. The van der Waals surface area contributed by atoms with E-state index in [9.17, 15) is 4.79 Å². The maximum atomic E-state index is 13.4. The maximum Gasteiger partial charge on any atom is 0.237 e. The summed E-state index contributed by atoms with van der Waals surface area (Å²) in [6.07, 6.45) is 9.53. The number of aromatic nitrogens is 3. The fourth-order valence-corrected chi connectivity index (χ4v) is 5.17. The first kappa shape index (κ1) is 22.9. The van der Waals surface area contributed by atoms with Crippen LogP contribution >= 0.6 is 0 Å². The van der Waals surface area contributed by atoms with Gasteiger partial charge in [0.25, 0.3) is 0 Å². The summed E-state index contributed by atoms with van der Waals surface area (Å²) in [6.45, 7) is 10.3. The van der Waals surface area contributed by atoms with Gasteiger partial charge in [-0.25, -0.2) is 0 Å². The first-order valence-electron chi connectivity index (χ1n) is 12.1. The molecule has 1 unspecified atom stereocenters. The summed E-state index contributed by atoms with van der Waals surface area (Å²) in [5.74, 6) is 0.241. The molecular weight excluding hydrogens is 402 g/mol. The van der Waals surface area contributed by atoms with Gasteiger partial charge < -0.3 is 9.64 Å². The SMILES string of the molecule is CCn1nc(C)c(CN2CC(=O)N(C3CCCCC3)CC(OCc3ccncc3)C2)c1C. The Bertz CT molecular complexity index is 891. The van der Waals surface area contributed by atoms with Crippen LogP contribution < -0.4 is 0 Å².